The molecule has 0 N–H and O–H groups in total. The maximum Gasteiger partial charge on any atom is 0.254 e. The Morgan fingerprint density at radius 1 is 1.00 bits per heavy atom. The number of hydrogen-bond acceptors (Lipinski definition) is 4. The van der Waals surface area contributed by atoms with Gasteiger partial charge in [-0.3, -0.25) is 9.59 Å². The Morgan fingerprint density at radius 2 is 1.69 bits per heavy atom. The van der Waals surface area contributed by atoms with Crippen LogP contribution in [0.15, 0.2) is 52.0 Å². The van der Waals surface area contributed by atoms with E-state index >= 15 is 0 Å². The van der Waals surface area contributed by atoms with Gasteiger partial charge in [0.25, 0.3) is 11.8 Å². The summed E-state index contributed by atoms with van der Waals surface area (Å²) in [6.07, 6.45) is 6.85. The number of allylic oxidation sites excluding steroid dienone is 2. The van der Waals surface area contributed by atoms with Crippen molar-refractivity contribution in [2.45, 2.75) is 6.42 Å². The van der Waals surface area contributed by atoms with Crippen LogP contribution >= 0.6 is 23.2 Å². The minimum Gasteiger partial charge on any atom is -0.455 e. The smallest absolute Gasteiger partial charge is 0.254 e. The SMILES string of the molecule is O=C1[C@@H]2[C@@H]3C=C[C@H]([C@@H]4C[C@H]34)[C@H]2C(=O)N1/N=C\c1ccc(-c2ccc(Cl)cc2Cl)o1. The number of amides is 2. The number of hydrogen-bond donors (Lipinski definition) is 0. The zero-order valence-electron chi connectivity index (χ0n) is 15.2. The molecule has 146 valence electrons. The molecule has 7 heteroatoms. The molecule has 1 saturated heterocycles. The molecule has 3 fully saturated rings. The Balaban J connectivity index is 1.25. The van der Waals surface area contributed by atoms with Crippen LogP contribution in [0.3, 0.4) is 0 Å². The summed E-state index contributed by atoms with van der Waals surface area (Å²) in [7, 11) is 0. The van der Waals surface area contributed by atoms with Gasteiger partial charge < -0.3 is 4.42 Å². The van der Waals surface area contributed by atoms with E-state index in [1.54, 1.807) is 30.3 Å². The Labute approximate surface area is 177 Å². The molecule has 1 aromatic heterocycles. The van der Waals surface area contributed by atoms with Gasteiger partial charge in [0.2, 0.25) is 0 Å². The van der Waals surface area contributed by atoms with Gasteiger partial charge in [-0.2, -0.15) is 10.1 Å². The monoisotopic (exact) mass is 426 g/mol. The quantitative estimate of drug-likeness (QED) is 0.407. The lowest BCUT2D eigenvalue weighted by molar-refractivity contribution is -0.140. The molecule has 2 bridgehead atoms. The summed E-state index contributed by atoms with van der Waals surface area (Å²) in [4.78, 5) is 25.9. The average molecular weight is 427 g/mol. The third kappa shape index (κ3) is 2.50. The van der Waals surface area contributed by atoms with Crippen molar-refractivity contribution >= 4 is 41.2 Å². The van der Waals surface area contributed by atoms with Gasteiger partial charge in [0, 0.05) is 10.6 Å². The maximum atomic E-state index is 12.9. The minimum atomic E-state index is -0.251. The van der Waals surface area contributed by atoms with Crippen molar-refractivity contribution in [2.24, 2.45) is 40.6 Å². The molecule has 1 aliphatic heterocycles. The number of nitrogens with zero attached hydrogens (tertiary/aromatic N) is 2. The van der Waals surface area contributed by atoms with Gasteiger partial charge in [0.15, 0.2) is 0 Å². The van der Waals surface area contributed by atoms with E-state index in [-0.39, 0.29) is 35.5 Å². The van der Waals surface area contributed by atoms with Crippen LogP contribution in [0.2, 0.25) is 10.0 Å². The second-order valence-electron chi connectivity index (χ2n) is 8.21. The van der Waals surface area contributed by atoms with Crippen molar-refractivity contribution in [3.05, 3.63) is 58.3 Å². The Hall–Kier alpha value is -2.37. The zero-order chi connectivity index (χ0) is 19.9. The van der Waals surface area contributed by atoms with E-state index < -0.39 is 0 Å². The van der Waals surface area contributed by atoms with Crippen LogP contribution in [0.1, 0.15) is 12.2 Å². The maximum absolute atomic E-state index is 12.9. The fourth-order valence-electron chi connectivity index (χ4n) is 5.43. The van der Waals surface area contributed by atoms with Gasteiger partial charge in [0.1, 0.15) is 11.5 Å². The lowest BCUT2D eigenvalue weighted by Crippen LogP contribution is -2.40. The molecule has 2 saturated carbocycles. The number of benzene rings is 1. The number of hydrazone groups is 1. The highest BCUT2D eigenvalue weighted by Gasteiger charge is 2.67. The minimum absolute atomic E-state index is 0.187. The highest BCUT2D eigenvalue weighted by atomic mass is 35.5. The summed E-state index contributed by atoms with van der Waals surface area (Å²) >= 11 is 12.2. The Bertz CT molecular complexity index is 1090. The molecule has 0 radical (unpaired) electrons. The molecule has 2 aromatic rings. The van der Waals surface area contributed by atoms with Crippen LogP contribution in [0.5, 0.6) is 0 Å². The molecule has 2 heterocycles. The lowest BCUT2D eigenvalue weighted by atomic mass is 9.63. The van der Waals surface area contributed by atoms with Crippen LogP contribution < -0.4 is 0 Å². The molecule has 5 aliphatic rings. The summed E-state index contributed by atoms with van der Waals surface area (Å²) < 4.78 is 5.78. The van der Waals surface area contributed by atoms with Gasteiger partial charge in [-0.25, -0.2) is 0 Å². The van der Waals surface area contributed by atoms with Crippen molar-refractivity contribution in [3.8, 4) is 11.3 Å². The highest BCUT2D eigenvalue weighted by Crippen LogP contribution is 2.65. The molecule has 5 nitrogen and oxygen atoms in total. The van der Waals surface area contributed by atoms with Gasteiger partial charge in [-0.15, -0.1) is 0 Å². The van der Waals surface area contributed by atoms with Gasteiger partial charge in [-0.05, 0) is 60.4 Å². The number of rotatable bonds is 3. The van der Waals surface area contributed by atoms with Gasteiger partial charge >= 0.3 is 0 Å². The molecule has 7 rings (SSSR count). The fraction of sp³-hybridized carbons (Fsp3) is 0.318. The predicted octanol–water partition coefficient (Wildman–Crippen LogP) is 4.64. The van der Waals surface area contributed by atoms with E-state index in [0.717, 1.165) is 11.4 Å². The molecular formula is C22H16Cl2N2O3. The molecule has 1 aromatic carbocycles. The number of imide groups is 1. The first-order valence-corrected chi connectivity index (χ1v) is 10.4. The number of carbonyl (C=O) groups excluding carboxylic acids is 2. The number of halogens is 2. The third-order valence-electron chi connectivity index (χ3n) is 6.76. The Kier molecular flexibility index (Phi) is 3.66. The lowest BCUT2D eigenvalue weighted by Gasteiger charge is -2.37. The van der Waals surface area contributed by atoms with Crippen molar-refractivity contribution < 1.29 is 14.0 Å². The van der Waals surface area contributed by atoms with E-state index in [1.807, 2.05) is 0 Å². The number of carbonyl (C=O) groups is 2. The standard InChI is InChI=1S/C22H16Cl2N2O3/c23-10-1-3-14(17(24)7-10)18-6-2-11(29-18)9-25-26-21(27)19-12-4-5-13(16-8-15(12)16)20(19)22(26)28/h1-7,9,12-13,15-16,19-20H,8H2/b25-9-/t12-,13-,15-,16+,19-,20-/m1/s1. The summed E-state index contributed by atoms with van der Waals surface area (Å²) in [6.45, 7) is 0. The highest BCUT2D eigenvalue weighted by molar-refractivity contribution is 6.36. The van der Waals surface area contributed by atoms with Gasteiger partial charge in [0.05, 0.1) is 23.1 Å². The number of furan rings is 1. The first-order chi connectivity index (χ1) is 14.0. The first-order valence-electron chi connectivity index (χ1n) is 9.68. The van der Waals surface area contributed by atoms with Crippen LogP contribution in [0.4, 0.5) is 0 Å². The molecule has 2 amide bonds. The molecular weight excluding hydrogens is 411 g/mol. The first kappa shape index (κ1) is 17.5. The van der Waals surface area contributed by atoms with E-state index in [2.05, 4.69) is 17.3 Å². The predicted molar refractivity (Wildman–Crippen MR) is 108 cm³/mol. The van der Waals surface area contributed by atoms with Gasteiger partial charge in [-0.1, -0.05) is 35.4 Å². The van der Waals surface area contributed by atoms with Crippen LogP contribution in [0.25, 0.3) is 11.3 Å². The summed E-state index contributed by atoms with van der Waals surface area (Å²) in [5.41, 5.74) is 0.705. The molecule has 29 heavy (non-hydrogen) atoms. The molecule has 0 spiro atoms. The molecule has 4 aliphatic carbocycles. The van der Waals surface area contributed by atoms with Crippen molar-refractivity contribution in [1.82, 2.24) is 5.01 Å². The molecule has 6 atom stereocenters. The topological polar surface area (TPSA) is 62.9 Å². The Morgan fingerprint density at radius 3 is 2.34 bits per heavy atom. The van der Waals surface area contributed by atoms with Crippen LogP contribution in [-0.2, 0) is 9.59 Å². The summed E-state index contributed by atoms with van der Waals surface area (Å²) in [5, 5.41) is 6.26. The second-order valence-corrected chi connectivity index (χ2v) is 9.06. The summed E-state index contributed by atoms with van der Waals surface area (Å²) in [5.74, 6) is 1.64. The van der Waals surface area contributed by atoms with E-state index in [4.69, 9.17) is 27.6 Å². The normalized spacial score (nSPS) is 34.2. The van der Waals surface area contributed by atoms with Crippen LogP contribution in [0, 0.1) is 35.5 Å². The van der Waals surface area contributed by atoms with Crippen molar-refractivity contribution in [1.29, 1.82) is 0 Å². The third-order valence-corrected chi connectivity index (χ3v) is 7.31. The largest absolute Gasteiger partial charge is 0.455 e. The molecule has 0 unspecified atom stereocenters. The average Bonchev–Trinajstić information content (AvgIpc) is 3.34. The summed E-state index contributed by atoms with van der Waals surface area (Å²) in [6, 6.07) is 8.64. The van der Waals surface area contributed by atoms with E-state index in [1.165, 1.54) is 6.21 Å². The van der Waals surface area contributed by atoms with E-state index in [0.29, 0.717) is 39.0 Å². The second kappa shape index (κ2) is 6.07. The van der Waals surface area contributed by atoms with E-state index in [9.17, 15) is 9.59 Å². The van der Waals surface area contributed by atoms with Crippen molar-refractivity contribution in [3.63, 3.8) is 0 Å². The zero-order valence-corrected chi connectivity index (χ0v) is 16.7. The fourth-order valence-corrected chi connectivity index (χ4v) is 5.93. The van der Waals surface area contributed by atoms with Crippen LogP contribution in [-0.4, -0.2) is 23.0 Å². The van der Waals surface area contributed by atoms with Crippen molar-refractivity contribution in [2.75, 3.05) is 0 Å².